The molecular weight excluding hydrogens is 217 g/mol. The Hall–Kier alpha value is -1.68. The molecule has 3 nitrogen and oxygen atoms in total. The molecule has 1 aliphatic carbocycles. The lowest BCUT2D eigenvalue weighted by Gasteiger charge is -2.38. The summed E-state index contributed by atoms with van der Waals surface area (Å²) in [5.41, 5.74) is 7.20. The molecule has 0 saturated heterocycles. The topological polar surface area (TPSA) is 43.8 Å². The molecule has 1 aliphatic rings. The monoisotopic (exact) mass is 231 g/mol. The Kier molecular flexibility index (Phi) is 2.26. The van der Waals surface area contributed by atoms with Crippen LogP contribution in [0.25, 0.3) is 5.69 Å². The van der Waals surface area contributed by atoms with Crippen LogP contribution in [0.15, 0.2) is 36.7 Å². The third-order valence-electron chi connectivity index (χ3n) is 3.52. The average molecular weight is 231 g/mol. The van der Waals surface area contributed by atoms with Crippen molar-refractivity contribution in [1.29, 1.82) is 0 Å². The molecule has 0 radical (unpaired) electrons. The van der Waals surface area contributed by atoms with Crippen molar-refractivity contribution in [1.82, 2.24) is 9.78 Å². The second kappa shape index (κ2) is 3.67. The van der Waals surface area contributed by atoms with Crippen LogP contribution in [0.1, 0.15) is 24.8 Å². The highest BCUT2D eigenvalue weighted by Crippen LogP contribution is 2.39. The van der Waals surface area contributed by atoms with Gasteiger partial charge < -0.3 is 5.73 Å². The zero-order chi connectivity index (χ0) is 11.9. The Morgan fingerprint density at radius 2 is 2.18 bits per heavy atom. The smallest absolute Gasteiger partial charge is 0.149 e. The van der Waals surface area contributed by atoms with Gasteiger partial charge in [-0.15, -0.1) is 0 Å². The van der Waals surface area contributed by atoms with Crippen LogP contribution < -0.4 is 5.73 Å². The summed E-state index contributed by atoms with van der Waals surface area (Å²) in [6.07, 6.45) is 6.35. The summed E-state index contributed by atoms with van der Waals surface area (Å²) < 4.78 is 15.5. The Balaban J connectivity index is 2.00. The Bertz CT molecular complexity index is 530. The van der Waals surface area contributed by atoms with Crippen LogP contribution in [0.2, 0.25) is 0 Å². The van der Waals surface area contributed by atoms with Gasteiger partial charge in [-0.2, -0.15) is 5.10 Å². The third-order valence-corrected chi connectivity index (χ3v) is 3.52. The van der Waals surface area contributed by atoms with Gasteiger partial charge >= 0.3 is 0 Å². The number of benzene rings is 1. The number of rotatable bonds is 2. The molecule has 1 aromatic carbocycles. The Morgan fingerprint density at radius 1 is 1.35 bits per heavy atom. The molecule has 4 heteroatoms. The SMILES string of the molecule is NC1(c2ccc(-n3cccn3)c(F)c2)CCC1. The first-order valence-electron chi connectivity index (χ1n) is 5.78. The van der Waals surface area contributed by atoms with Gasteiger partial charge in [0.15, 0.2) is 0 Å². The average Bonchev–Trinajstić information content (AvgIpc) is 2.79. The van der Waals surface area contributed by atoms with E-state index in [4.69, 9.17) is 5.73 Å². The van der Waals surface area contributed by atoms with Gasteiger partial charge in [0.25, 0.3) is 0 Å². The molecule has 0 spiro atoms. The third kappa shape index (κ3) is 1.65. The minimum absolute atomic E-state index is 0.275. The van der Waals surface area contributed by atoms with Gasteiger partial charge in [0.05, 0.1) is 0 Å². The minimum Gasteiger partial charge on any atom is -0.321 e. The molecule has 0 aliphatic heterocycles. The predicted octanol–water partition coefficient (Wildman–Crippen LogP) is 2.35. The molecule has 0 bridgehead atoms. The number of hydrogen-bond acceptors (Lipinski definition) is 2. The summed E-state index contributed by atoms with van der Waals surface area (Å²) in [6.45, 7) is 0. The normalized spacial score (nSPS) is 17.8. The van der Waals surface area contributed by atoms with E-state index in [2.05, 4.69) is 5.10 Å². The number of nitrogens with zero attached hydrogens (tertiary/aromatic N) is 2. The number of aromatic nitrogens is 2. The van der Waals surface area contributed by atoms with Crippen LogP contribution in [-0.4, -0.2) is 9.78 Å². The zero-order valence-corrected chi connectivity index (χ0v) is 9.44. The van der Waals surface area contributed by atoms with E-state index in [-0.39, 0.29) is 11.4 Å². The number of halogens is 1. The Morgan fingerprint density at radius 3 is 2.71 bits per heavy atom. The molecule has 0 amide bonds. The lowest BCUT2D eigenvalue weighted by atomic mass is 9.73. The van der Waals surface area contributed by atoms with Crippen LogP contribution >= 0.6 is 0 Å². The van der Waals surface area contributed by atoms with Gasteiger partial charge in [0.1, 0.15) is 11.5 Å². The fraction of sp³-hybridized carbons (Fsp3) is 0.308. The minimum atomic E-state index is -0.316. The molecule has 88 valence electrons. The summed E-state index contributed by atoms with van der Waals surface area (Å²) in [4.78, 5) is 0. The van der Waals surface area contributed by atoms with E-state index in [9.17, 15) is 4.39 Å². The summed E-state index contributed by atoms with van der Waals surface area (Å²) in [7, 11) is 0. The summed E-state index contributed by atoms with van der Waals surface area (Å²) in [5, 5.41) is 4.02. The molecule has 1 heterocycles. The van der Waals surface area contributed by atoms with Crippen molar-refractivity contribution in [2.24, 2.45) is 5.73 Å². The van der Waals surface area contributed by atoms with E-state index >= 15 is 0 Å². The molecule has 1 aromatic heterocycles. The predicted molar refractivity (Wildman–Crippen MR) is 63.2 cm³/mol. The summed E-state index contributed by atoms with van der Waals surface area (Å²) in [6, 6.07) is 6.95. The van der Waals surface area contributed by atoms with Crippen molar-refractivity contribution in [2.45, 2.75) is 24.8 Å². The lowest BCUT2D eigenvalue weighted by molar-refractivity contribution is 0.253. The van der Waals surface area contributed by atoms with Gasteiger partial charge in [0.2, 0.25) is 0 Å². The molecule has 0 atom stereocenters. The van der Waals surface area contributed by atoms with Crippen molar-refractivity contribution in [3.63, 3.8) is 0 Å². The fourth-order valence-electron chi connectivity index (χ4n) is 2.26. The molecule has 2 N–H and O–H groups in total. The van der Waals surface area contributed by atoms with Gasteiger partial charge in [-0.3, -0.25) is 0 Å². The van der Waals surface area contributed by atoms with Crippen LogP contribution in [0.3, 0.4) is 0 Å². The van der Waals surface area contributed by atoms with E-state index in [1.165, 1.54) is 10.7 Å². The van der Waals surface area contributed by atoms with E-state index in [1.807, 2.05) is 6.07 Å². The molecule has 2 aromatic rings. The molecule has 3 rings (SSSR count). The highest BCUT2D eigenvalue weighted by Gasteiger charge is 2.34. The van der Waals surface area contributed by atoms with E-state index < -0.39 is 0 Å². The quantitative estimate of drug-likeness (QED) is 0.862. The second-order valence-corrected chi connectivity index (χ2v) is 4.63. The van der Waals surface area contributed by atoms with E-state index in [1.54, 1.807) is 24.5 Å². The molecule has 0 unspecified atom stereocenters. The Labute approximate surface area is 99.1 Å². The maximum absolute atomic E-state index is 14.0. The van der Waals surface area contributed by atoms with Gasteiger partial charge in [-0.1, -0.05) is 6.07 Å². The van der Waals surface area contributed by atoms with Crippen LogP contribution in [0.4, 0.5) is 4.39 Å². The maximum Gasteiger partial charge on any atom is 0.149 e. The van der Waals surface area contributed by atoms with Gasteiger partial charge in [0, 0.05) is 17.9 Å². The highest BCUT2D eigenvalue weighted by atomic mass is 19.1. The molecular formula is C13H14FN3. The standard InChI is InChI=1S/C13H14FN3/c14-11-9-10(13(15)5-1-6-13)3-4-12(11)17-8-2-7-16-17/h2-4,7-9H,1,5-6,15H2. The maximum atomic E-state index is 14.0. The van der Waals surface area contributed by atoms with Crippen LogP contribution in [-0.2, 0) is 5.54 Å². The van der Waals surface area contributed by atoms with E-state index in [0.29, 0.717) is 5.69 Å². The van der Waals surface area contributed by atoms with E-state index in [0.717, 1.165) is 24.8 Å². The second-order valence-electron chi connectivity index (χ2n) is 4.63. The van der Waals surface area contributed by atoms with Crippen molar-refractivity contribution in [2.75, 3.05) is 0 Å². The summed E-state index contributed by atoms with van der Waals surface area (Å²) >= 11 is 0. The van der Waals surface area contributed by atoms with Crippen LogP contribution in [0.5, 0.6) is 0 Å². The van der Waals surface area contributed by atoms with Crippen molar-refractivity contribution in [3.05, 3.63) is 48.0 Å². The first-order chi connectivity index (χ1) is 8.19. The van der Waals surface area contributed by atoms with Gasteiger partial charge in [-0.25, -0.2) is 9.07 Å². The van der Waals surface area contributed by atoms with Crippen molar-refractivity contribution < 1.29 is 4.39 Å². The molecule has 17 heavy (non-hydrogen) atoms. The fourth-order valence-corrected chi connectivity index (χ4v) is 2.26. The first kappa shape index (κ1) is 10.5. The number of hydrogen-bond donors (Lipinski definition) is 1. The van der Waals surface area contributed by atoms with Crippen molar-refractivity contribution in [3.8, 4) is 5.69 Å². The largest absolute Gasteiger partial charge is 0.321 e. The van der Waals surface area contributed by atoms with Crippen LogP contribution in [0, 0.1) is 5.82 Å². The number of nitrogens with two attached hydrogens (primary N) is 1. The lowest BCUT2D eigenvalue weighted by Crippen LogP contribution is -2.43. The first-order valence-corrected chi connectivity index (χ1v) is 5.78. The summed E-state index contributed by atoms with van der Waals surface area (Å²) in [5.74, 6) is -0.275. The van der Waals surface area contributed by atoms with Crippen molar-refractivity contribution >= 4 is 0 Å². The highest BCUT2D eigenvalue weighted by molar-refractivity contribution is 5.39. The molecule has 1 saturated carbocycles. The van der Waals surface area contributed by atoms with Gasteiger partial charge in [-0.05, 0) is 43.0 Å². The zero-order valence-electron chi connectivity index (χ0n) is 9.44. The molecule has 1 fully saturated rings.